The highest BCUT2D eigenvalue weighted by Gasteiger charge is 2.22. The van der Waals surface area contributed by atoms with Crippen molar-refractivity contribution >= 4 is 40.7 Å². The number of halogens is 2. The Kier molecular flexibility index (Phi) is 6.01. The van der Waals surface area contributed by atoms with Crippen molar-refractivity contribution in [2.45, 2.75) is 0 Å². The summed E-state index contributed by atoms with van der Waals surface area (Å²) in [5, 5.41) is 3.72. The molecule has 0 aliphatic carbocycles. The zero-order valence-corrected chi connectivity index (χ0v) is 15.6. The number of hydrogen-bond acceptors (Lipinski definition) is 3. The number of nitrogens with one attached hydrogen (secondary N) is 1. The highest BCUT2D eigenvalue weighted by atomic mass is 35.5. The fraction of sp³-hybridized carbons (Fsp3) is 0.263. The van der Waals surface area contributed by atoms with E-state index in [9.17, 15) is 9.59 Å². The molecule has 0 aromatic heterocycles. The highest BCUT2D eigenvalue weighted by molar-refractivity contribution is 6.33. The van der Waals surface area contributed by atoms with E-state index >= 15 is 0 Å². The molecule has 0 radical (unpaired) electrons. The van der Waals surface area contributed by atoms with Crippen LogP contribution < -0.4 is 10.2 Å². The number of rotatable bonds is 4. The Balaban J connectivity index is 1.48. The van der Waals surface area contributed by atoms with E-state index in [1.54, 1.807) is 29.2 Å². The number of piperazine rings is 1. The molecular weight excluding hydrogens is 373 g/mol. The largest absolute Gasteiger partial charge is 0.368 e. The van der Waals surface area contributed by atoms with E-state index in [4.69, 9.17) is 23.2 Å². The molecule has 0 atom stereocenters. The van der Waals surface area contributed by atoms with Crippen molar-refractivity contribution in [2.24, 2.45) is 0 Å². The molecule has 2 aromatic carbocycles. The van der Waals surface area contributed by atoms with Crippen LogP contribution in [-0.4, -0.2) is 49.4 Å². The second kappa shape index (κ2) is 8.43. The first-order valence-corrected chi connectivity index (χ1v) is 9.11. The van der Waals surface area contributed by atoms with Crippen LogP contribution in [0, 0.1) is 0 Å². The van der Waals surface area contributed by atoms with Gasteiger partial charge in [0.15, 0.2) is 0 Å². The number of carbonyl (C=O) groups is 2. The van der Waals surface area contributed by atoms with Gasteiger partial charge in [-0.2, -0.15) is 0 Å². The van der Waals surface area contributed by atoms with Gasteiger partial charge >= 0.3 is 0 Å². The van der Waals surface area contributed by atoms with Crippen molar-refractivity contribution in [3.8, 4) is 0 Å². The van der Waals surface area contributed by atoms with Crippen molar-refractivity contribution in [3.63, 3.8) is 0 Å². The molecule has 3 rings (SSSR count). The fourth-order valence-corrected chi connectivity index (χ4v) is 3.22. The van der Waals surface area contributed by atoms with Gasteiger partial charge in [-0.3, -0.25) is 9.59 Å². The molecule has 1 N–H and O–H groups in total. The lowest BCUT2D eigenvalue weighted by Crippen LogP contribution is -2.51. The second-order valence-corrected chi connectivity index (χ2v) is 6.85. The van der Waals surface area contributed by atoms with Crippen LogP contribution in [0.5, 0.6) is 0 Å². The summed E-state index contributed by atoms with van der Waals surface area (Å²) in [7, 11) is 0. The third-order valence-corrected chi connectivity index (χ3v) is 4.92. The van der Waals surface area contributed by atoms with E-state index in [2.05, 4.69) is 10.2 Å². The van der Waals surface area contributed by atoms with E-state index < -0.39 is 0 Å². The first kappa shape index (κ1) is 18.5. The summed E-state index contributed by atoms with van der Waals surface area (Å²) in [6.07, 6.45) is 0. The summed E-state index contributed by atoms with van der Waals surface area (Å²) in [4.78, 5) is 28.5. The van der Waals surface area contributed by atoms with Crippen molar-refractivity contribution in [1.82, 2.24) is 10.2 Å². The van der Waals surface area contributed by atoms with Gasteiger partial charge in [0.2, 0.25) is 5.91 Å². The normalized spacial score (nSPS) is 14.2. The molecule has 0 bridgehead atoms. The number of hydrogen-bond donors (Lipinski definition) is 1. The molecule has 0 spiro atoms. The molecule has 1 aliphatic rings. The van der Waals surface area contributed by atoms with E-state index in [1.807, 2.05) is 24.3 Å². The molecule has 1 aliphatic heterocycles. The maximum absolute atomic E-state index is 12.3. The predicted molar refractivity (Wildman–Crippen MR) is 104 cm³/mol. The number of nitrogens with zero attached hydrogens (tertiary/aromatic N) is 2. The number of amides is 2. The Labute approximate surface area is 162 Å². The summed E-state index contributed by atoms with van der Waals surface area (Å²) >= 11 is 11.9. The van der Waals surface area contributed by atoms with E-state index in [1.165, 1.54) is 0 Å². The minimum absolute atomic E-state index is 0.0367. The molecule has 1 saturated heterocycles. The summed E-state index contributed by atoms with van der Waals surface area (Å²) < 4.78 is 0. The van der Waals surface area contributed by atoms with Crippen LogP contribution in [0.1, 0.15) is 10.4 Å². The predicted octanol–water partition coefficient (Wildman–Crippen LogP) is 3.07. The minimum Gasteiger partial charge on any atom is -0.368 e. The second-order valence-electron chi connectivity index (χ2n) is 6.01. The van der Waals surface area contributed by atoms with Gasteiger partial charge in [-0.15, -0.1) is 0 Å². The number of benzene rings is 2. The van der Waals surface area contributed by atoms with Crippen molar-refractivity contribution in [3.05, 3.63) is 64.1 Å². The Morgan fingerprint density at radius 1 is 0.923 bits per heavy atom. The minimum atomic E-state index is -0.344. The summed E-state index contributed by atoms with van der Waals surface area (Å²) in [5.41, 5.74) is 1.46. The van der Waals surface area contributed by atoms with Gasteiger partial charge in [0.05, 0.1) is 17.1 Å². The maximum Gasteiger partial charge on any atom is 0.253 e. The standard InChI is InChI=1S/C19H19Cl2N3O2/c20-14-5-7-15(8-6-14)23-9-11-24(12-10-23)18(25)13-22-19(26)16-3-1-2-4-17(16)21/h1-8H,9-13H2,(H,22,26). The summed E-state index contributed by atoms with van der Waals surface area (Å²) in [5.74, 6) is -0.440. The van der Waals surface area contributed by atoms with Crippen LogP contribution in [0.4, 0.5) is 5.69 Å². The fourth-order valence-electron chi connectivity index (χ4n) is 2.87. The lowest BCUT2D eigenvalue weighted by Gasteiger charge is -2.36. The Morgan fingerprint density at radius 2 is 1.58 bits per heavy atom. The molecule has 136 valence electrons. The lowest BCUT2D eigenvalue weighted by atomic mass is 10.2. The highest BCUT2D eigenvalue weighted by Crippen LogP contribution is 2.19. The van der Waals surface area contributed by atoms with Gasteiger partial charge in [-0.25, -0.2) is 0 Å². The smallest absolute Gasteiger partial charge is 0.253 e. The molecule has 5 nitrogen and oxygen atoms in total. The third-order valence-electron chi connectivity index (χ3n) is 4.34. The molecule has 2 aromatic rings. The van der Waals surface area contributed by atoms with Crippen LogP contribution in [0.3, 0.4) is 0 Å². The van der Waals surface area contributed by atoms with Crippen LogP contribution in [0.25, 0.3) is 0 Å². The number of anilines is 1. The maximum atomic E-state index is 12.3. The average Bonchev–Trinajstić information content (AvgIpc) is 2.67. The molecule has 2 amide bonds. The van der Waals surface area contributed by atoms with Crippen molar-refractivity contribution < 1.29 is 9.59 Å². The van der Waals surface area contributed by atoms with Crippen LogP contribution in [0.15, 0.2) is 48.5 Å². The van der Waals surface area contributed by atoms with Crippen LogP contribution >= 0.6 is 23.2 Å². The first-order chi connectivity index (χ1) is 12.5. The van der Waals surface area contributed by atoms with E-state index in [0.29, 0.717) is 28.7 Å². The molecule has 1 fully saturated rings. The molecule has 7 heteroatoms. The van der Waals surface area contributed by atoms with Crippen molar-refractivity contribution in [1.29, 1.82) is 0 Å². The Hall–Kier alpha value is -2.24. The van der Waals surface area contributed by atoms with Gasteiger partial charge < -0.3 is 15.1 Å². The zero-order valence-electron chi connectivity index (χ0n) is 14.1. The van der Waals surface area contributed by atoms with Gasteiger partial charge in [0.25, 0.3) is 5.91 Å². The van der Waals surface area contributed by atoms with E-state index in [0.717, 1.165) is 18.8 Å². The van der Waals surface area contributed by atoms with Crippen LogP contribution in [0.2, 0.25) is 10.0 Å². The molecular formula is C19H19Cl2N3O2. The van der Waals surface area contributed by atoms with Gasteiger partial charge in [-0.1, -0.05) is 35.3 Å². The van der Waals surface area contributed by atoms with Crippen LogP contribution in [-0.2, 0) is 4.79 Å². The monoisotopic (exact) mass is 391 g/mol. The molecule has 26 heavy (non-hydrogen) atoms. The Morgan fingerprint density at radius 3 is 2.23 bits per heavy atom. The van der Waals surface area contributed by atoms with Gasteiger partial charge in [0, 0.05) is 36.9 Å². The van der Waals surface area contributed by atoms with Gasteiger partial charge in [-0.05, 0) is 36.4 Å². The SMILES string of the molecule is O=C(NCC(=O)N1CCN(c2ccc(Cl)cc2)CC1)c1ccccc1Cl. The Bertz CT molecular complexity index is 788. The number of carbonyl (C=O) groups excluding carboxylic acids is 2. The lowest BCUT2D eigenvalue weighted by molar-refractivity contribution is -0.130. The zero-order chi connectivity index (χ0) is 18.5. The topological polar surface area (TPSA) is 52.7 Å². The quantitative estimate of drug-likeness (QED) is 0.870. The van der Waals surface area contributed by atoms with E-state index in [-0.39, 0.29) is 18.4 Å². The third kappa shape index (κ3) is 4.48. The first-order valence-electron chi connectivity index (χ1n) is 8.35. The molecule has 1 heterocycles. The molecule has 0 unspecified atom stereocenters. The van der Waals surface area contributed by atoms with Crippen molar-refractivity contribution in [2.75, 3.05) is 37.6 Å². The average molecular weight is 392 g/mol. The van der Waals surface area contributed by atoms with Gasteiger partial charge in [0.1, 0.15) is 0 Å². The summed E-state index contributed by atoms with van der Waals surface area (Å²) in [6, 6.07) is 14.4. The molecule has 0 saturated carbocycles. The summed E-state index contributed by atoms with van der Waals surface area (Å²) in [6.45, 7) is 2.68.